The van der Waals surface area contributed by atoms with Crippen molar-refractivity contribution in [2.75, 3.05) is 6.61 Å². The van der Waals surface area contributed by atoms with Gasteiger partial charge in [0.05, 0.1) is 4.47 Å². The van der Waals surface area contributed by atoms with E-state index in [1.165, 1.54) is 6.08 Å². The second-order valence-corrected chi connectivity index (χ2v) is 6.45. The van der Waals surface area contributed by atoms with E-state index in [0.717, 1.165) is 0 Å². The van der Waals surface area contributed by atoms with Gasteiger partial charge in [0.25, 0.3) is 11.8 Å². The fourth-order valence-electron chi connectivity index (χ4n) is 1.72. The maximum absolute atomic E-state index is 11.7. The van der Waals surface area contributed by atoms with E-state index < -0.39 is 11.8 Å². The number of halogens is 3. The number of carbonyl (C=O) groups is 2. The summed E-state index contributed by atoms with van der Waals surface area (Å²) < 4.78 is 5.95. The van der Waals surface area contributed by atoms with Crippen molar-refractivity contribution >= 4 is 57.0 Å². The fourth-order valence-corrected chi connectivity index (χ4v) is 2.72. The van der Waals surface area contributed by atoms with Crippen LogP contribution in [0.15, 0.2) is 53.0 Å². The third kappa shape index (κ3) is 6.42. The van der Waals surface area contributed by atoms with Crippen LogP contribution in [0.25, 0.3) is 6.08 Å². The van der Waals surface area contributed by atoms with Gasteiger partial charge in [0, 0.05) is 16.1 Å². The first kappa shape index (κ1) is 19.3. The molecule has 130 valence electrons. The van der Waals surface area contributed by atoms with Crippen LogP contribution in [-0.4, -0.2) is 18.4 Å². The minimum absolute atomic E-state index is 0.269. The summed E-state index contributed by atoms with van der Waals surface area (Å²) in [6, 6.07) is 12.0. The largest absolute Gasteiger partial charge is 0.483 e. The van der Waals surface area contributed by atoms with Gasteiger partial charge in [0.15, 0.2) is 6.61 Å². The Morgan fingerprint density at radius 2 is 1.88 bits per heavy atom. The number of nitrogens with one attached hydrogen (secondary N) is 2. The van der Waals surface area contributed by atoms with E-state index in [4.69, 9.17) is 27.9 Å². The molecule has 0 saturated heterocycles. The lowest BCUT2D eigenvalue weighted by Gasteiger charge is -2.09. The Hall–Kier alpha value is -2.02. The van der Waals surface area contributed by atoms with E-state index in [0.29, 0.717) is 25.8 Å². The molecule has 2 aromatic rings. The number of hydrogen-bond acceptors (Lipinski definition) is 3. The molecular formula is C17H13BrCl2N2O3. The maximum atomic E-state index is 11.7. The Bertz CT molecular complexity index is 812. The number of hydrogen-bond donors (Lipinski definition) is 2. The standard InChI is InChI=1S/C17H13BrCl2N2O3/c18-13-9-12(19)6-7-15(13)25-10-17(24)22-21-16(23)8-5-11-3-1-2-4-14(11)20/h1-9H,10H2,(H,21,23)(H,22,24). The molecule has 2 rings (SSSR count). The molecule has 0 aliphatic carbocycles. The molecule has 0 bridgehead atoms. The molecule has 0 unspecified atom stereocenters. The average Bonchev–Trinajstić information content (AvgIpc) is 2.58. The van der Waals surface area contributed by atoms with Crippen molar-refractivity contribution in [1.82, 2.24) is 10.9 Å². The van der Waals surface area contributed by atoms with Crippen molar-refractivity contribution in [3.63, 3.8) is 0 Å². The van der Waals surface area contributed by atoms with Crippen LogP contribution in [-0.2, 0) is 9.59 Å². The number of carbonyl (C=O) groups excluding carboxylic acids is 2. The normalized spacial score (nSPS) is 10.5. The minimum Gasteiger partial charge on any atom is -0.483 e. The van der Waals surface area contributed by atoms with Gasteiger partial charge in [-0.2, -0.15) is 0 Å². The predicted molar refractivity (Wildman–Crippen MR) is 101 cm³/mol. The third-order valence-electron chi connectivity index (χ3n) is 2.90. The van der Waals surface area contributed by atoms with Crippen molar-refractivity contribution in [3.8, 4) is 5.75 Å². The second-order valence-electron chi connectivity index (χ2n) is 4.76. The molecule has 0 fully saturated rings. The van der Waals surface area contributed by atoms with Gasteiger partial charge in [-0.3, -0.25) is 20.4 Å². The Labute approximate surface area is 163 Å². The zero-order valence-electron chi connectivity index (χ0n) is 12.8. The summed E-state index contributed by atoms with van der Waals surface area (Å²) in [6.07, 6.45) is 2.81. The van der Waals surface area contributed by atoms with Crippen molar-refractivity contribution < 1.29 is 14.3 Å². The highest BCUT2D eigenvalue weighted by Gasteiger charge is 2.07. The van der Waals surface area contributed by atoms with E-state index in [1.807, 2.05) is 0 Å². The predicted octanol–water partition coefficient (Wildman–Crippen LogP) is 4.00. The van der Waals surface area contributed by atoms with Gasteiger partial charge in [0.1, 0.15) is 5.75 Å². The second kappa shape index (κ2) is 9.46. The molecule has 2 amide bonds. The van der Waals surface area contributed by atoms with Crippen molar-refractivity contribution in [2.45, 2.75) is 0 Å². The quantitative estimate of drug-likeness (QED) is 0.542. The first-order chi connectivity index (χ1) is 12.0. The highest BCUT2D eigenvalue weighted by Crippen LogP contribution is 2.27. The number of hydrazine groups is 1. The lowest BCUT2D eigenvalue weighted by molar-refractivity contribution is -0.128. The summed E-state index contributed by atoms with van der Waals surface area (Å²) in [5, 5.41) is 1.07. The van der Waals surface area contributed by atoms with Gasteiger partial charge in [-0.15, -0.1) is 0 Å². The van der Waals surface area contributed by atoms with Crippen molar-refractivity contribution in [2.24, 2.45) is 0 Å². The van der Waals surface area contributed by atoms with E-state index in [1.54, 1.807) is 48.5 Å². The van der Waals surface area contributed by atoms with Gasteiger partial charge < -0.3 is 4.74 Å². The molecule has 0 radical (unpaired) electrons. The number of rotatable bonds is 5. The Balaban J connectivity index is 1.77. The Kier molecular flexibility index (Phi) is 7.31. The van der Waals surface area contributed by atoms with E-state index >= 15 is 0 Å². The summed E-state index contributed by atoms with van der Waals surface area (Å²) >= 11 is 15.1. The van der Waals surface area contributed by atoms with Crippen LogP contribution in [0.3, 0.4) is 0 Å². The SMILES string of the molecule is O=C(C=Cc1ccccc1Cl)NNC(=O)COc1ccc(Cl)cc1Br. The van der Waals surface area contributed by atoms with E-state index in [9.17, 15) is 9.59 Å². The number of benzene rings is 2. The molecule has 0 heterocycles. The van der Waals surface area contributed by atoms with E-state index in [2.05, 4.69) is 26.8 Å². The molecule has 2 N–H and O–H groups in total. The number of amides is 2. The van der Waals surface area contributed by atoms with E-state index in [-0.39, 0.29) is 6.61 Å². The van der Waals surface area contributed by atoms with Crippen LogP contribution in [0.2, 0.25) is 10.0 Å². The molecule has 0 atom stereocenters. The van der Waals surface area contributed by atoms with Crippen molar-refractivity contribution in [3.05, 3.63) is 68.6 Å². The lowest BCUT2D eigenvalue weighted by atomic mass is 10.2. The molecule has 0 spiro atoms. The average molecular weight is 444 g/mol. The van der Waals surface area contributed by atoms with Gasteiger partial charge >= 0.3 is 0 Å². The summed E-state index contributed by atoms with van der Waals surface area (Å²) in [5.74, 6) is -0.549. The molecule has 8 heteroatoms. The molecule has 25 heavy (non-hydrogen) atoms. The van der Waals surface area contributed by atoms with Gasteiger partial charge in [-0.1, -0.05) is 41.4 Å². The minimum atomic E-state index is -0.513. The first-order valence-electron chi connectivity index (χ1n) is 7.05. The summed E-state index contributed by atoms with van der Waals surface area (Å²) in [5.41, 5.74) is 5.19. The lowest BCUT2D eigenvalue weighted by Crippen LogP contribution is -2.43. The Morgan fingerprint density at radius 3 is 2.60 bits per heavy atom. The smallest absolute Gasteiger partial charge is 0.276 e. The Morgan fingerprint density at radius 1 is 1.12 bits per heavy atom. The fraction of sp³-hybridized carbons (Fsp3) is 0.0588. The molecule has 0 aromatic heterocycles. The van der Waals surface area contributed by atoms with Gasteiger partial charge in [0.2, 0.25) is 0 Å². The van der Waals surface area contributed by atoms with Crippen molar-refractivity contribution in [1.29, 1.82) is 0 Å². The third-order valence-corrected chi connectivity index (χ3v) is 4.10. The zero-order chi connectivity index (χ0) is 18.2. The van der Waals surface area contributed by atoms with Crippen LogP contribution >= 0.6 is 39.1 Å². The highest BCUT2D eigenvalue weighted by molar-refractivity contribution is 9.10. The highest BCUT2D eigenvalue weighted by atomic mass is 79.9. The van der Waals surface area contributed by atoms with Crippen LogP contribution in [0.5, 0.6) is 5.75 Å². The molecule has 2 aromatic carbocycles. The van der Waals surface area contributed by atoms with Crippen LogP contribution < -0.4 is 15.6 Å². The monoisotopic (exact) mass is 442 g/mol. The zero-order valence-corrected chi connectivity index (χ0v) is 15.9. The maximum Gasteiger partial charge on any atom is 0.276 e. The molecule has 5 nitrogen and oxygen atoms in total. The topological polar surface area (TPSA) is 67.4 Å². The molecule has 0 saturated carbocycles. The first-order valence-corrected chi connectivity index (χ1v) is 8.60. The molecular weight excluding hydrogens is 431 g/mol. The summed E-state index contributed by atoms with van der Waals surface area (Å²) in [4.78, 5) is 23.4. The summed E-state index contributed by atoms with van der Waals surface area (Å²) in [7, 11) is 0. The summed E-state index contributed by atoms with van der Waals surface area (Å²) in [6.45, 7) is -0.269. The number of ether oxygens (including phenoxy) is 1. The van der Waals surface area contributed by atoms with Gasteiger partial charge in [-0.05, 0) is 51.8 Å². The molecule has 0 aliphatic heterocycles. The van der Waals surface area contributed by atoms with Gasteiger partial charge in [-0.25, -0.2) is 0 Å². The molecule has 0 aliphatic rings. The van der Waals surface area contributed by atoms with Crippen LogP contribution in [0, 0.1) is 0 Å². The van der Waals surface area contributed by atoms with Crippen LogP contribution in [0.4, 0.5) is 0 Å². The van der Waals surface area contributed by atoms with Crippen LogP contribution in [0.1, 0.15) is 5.56 Å².